The van der Waals surface area contributed by atoms with Crippen molar-refractivity contribution in [2.24, 2.45) is 5.92 Å². The molecule has 1 N–H and O–H groups in total. The minimum absolute atomic E-state index is 0.0332. The first-order valence-corrected chi connectivity index (χ1v) is 12.6. The molecule has 0 aliphatic carbocycles. The number of anilines is 1. The van der Waals surface area contributed by atoms with Crippen molar-refractivity contribution in [2.45, 2.75) is 33.2 Å². The van der Waals surface area contributed by atoms with Crippen LogP contribution in [0.15, 0.2) is 54.9 Å². The zero-order valence-corrected chi connectivity index (χ0v) is 21.8. The molecule has 8 heteroatoms. The Hall–Kier alpha value is -4.07. The van der Waals surface area contributed by atoms with Gasteiger partial charge >= 0.3 is 0 Å². The Kier molecular flexibility index (Phi) is 6.99. The summed E-state index contributed by atoms with van der Waals surface area (Å²) in [5.74, 6) is 2.22. The van der Waals surface area contributed by atoms with Crippen molar-refractivity contribution in [3.8, 4) is 22.8 Å². The zero-order valence-electron chi connectivity index (χ0n) is 21.8. The molecule has 192 valence electrons. The Morgan fingerprint density at radius 2 is 1.95 bits per heavy atom. The Morgan fingerprint density at radius 3 is 2.73 bits per heavy atom. The fourth-order valence-electron chi connectivity index (χ4n) is 4.92. The highest BCUT2D eigenvalue weighted by Crippen LogP contribution is 2.29. The number of aryl methyl sites for hydroxylation is 2. The van der Waals surface area contributed by atoms with Crippen molar-refractivity contribution in [2.75, 3.05) is 32.2 Å². The molecule has 37 heavy (non-hydrogen) atoms. The summed E-state index contributed by atoms with van der Waals surface area (Å²) in [6.07, 6.45) is 5.41. The zero-order chi connectivity index (χ0) is 25.9. The number of fused-ring (bicyclic) bond motifs is 1. The lowest BCUT2D eigenvalue weighted by atomic mass is 9.97. The molecule has 0 radical (unpaired) electrons. The third kappa shape index (κ3) is 5.09. The van der Waals surface area contributed by atoms with Crippen LogP contribution >= 0.6 is 0 Å². The van der Waals surface area contributed by atoms with Gasteiger partial charge in [-0.1, -0.05) is 12.1 Å². The van der Waals surface area contributed by atoms with Crippen molar-refractivity contribution >= 4 is 17.2 Å². The molecule has 0 bridgehead atoms. The van der Waals surface area contributed by atoms with E-state index in [-0.39, 0.29) is 11.8 Å². The second-order valence-corrected chi connectivity index (χ2v) is 9.59. The molecule has 1 fully saturated rings. The molecular weight excluding hydrogens is 466 g/mol. The average molecular weight is 500 g/mol. The molecule has 2 aromatic heterocycles. The van der Waals surface area contributed by atoms with Crippen LogP contribution in [-0.2, 0) is 11.3 Å². The Labute approximate surface area is 217 Å². The van der Waals surface area contributed by atoms with Gasteiger partial charge in [0.25, 0.3) is 0 Å². The monoisotopic (exact) mass is 499 g/mol. The maximum atomic E-state index is 13.2. The number of rotatable bonds is 7. The number of aromatic nitrogens is 3. The highest BCUT2D eigenvalue weighted by atomic mass is 16.5. The molecule has 0 spiro atoms. The molecule has 0 saturated carbocycles. The van der Waals surface area contributed by atoms with Crippen molar-refractivity contribution in [1.82, 2.24) is 19.9 Å². The van der Waals surface area contributed by atoms with Crippen molar-refractivity contribution in [3.63, 3.8) is 0 Å². The number of methoxy groups -OCH3 is 2. The maximum absolute atomic E-state index is 13.2. The minimum Gasteiger partial charge on any atom is -0.497 e. The third-order valence-electron chi connectivity index (χ3n) is 7.20. The van der Waals surface area contributed by atoms with E-state index in [0.29, 0.717) is 13.1 Å². The van der Waals surface area contributed by atoms with Gasteiger partial charge in [-0.15, -0.1) is 0 Å². The topological polar surface area (TPSA) is 81.0 Å². The summed E-state index contributed by atoms with van der Waals surface area (Å²) in [6.45, 7) is 6.07. The number of benzene rings is 2. The van der Waals surface area contributed by atoms with Gasteiger partial charge in [0.1, 0.15) is 17.0 Å². The first kappa shape index (κ1) is 24.6. The van der Waals surface area contributed by atoms with Crippen LogP contribution in [0.1, 0.15) is 29.5 Å². The van der Waals surface area contributed by atoms with Crippen LogP contribution in [0.25, 0.3) is 16.8 Å². The van der Waals surface area contributed by atoms with Gasteiger partial charge < -0.3 is 19.7 Å². The quantitative estimate of drug-likeness (QED) is 0.401. The fraction of sp³-hybridized carbons (Fsp3) is 0.345. The van der Waals surface area contributed by atoms with E-state index >= 15 is 0 Å². The van der Waals surface area contributed by atoms with Crippen LogP contribution in [0.4, 0.5) is 5.82 Å². The van der Waals surface area contributed by atoms with Gasteiger partial charge in [-0.3, -0.25) is 4.79 Å². The van der Waals surface area contributed by atoms with E-state index in [0.717, 1.165) is 59.0 Å². The minimum atomic E-state index is -0.130. The lowest BCUT2D eigenvalue weighted by Crippen LogP contribution is -2.43. The number of amides is 1. The molecule has 5 rings (SSSR count). The molecule has 1 atom stereocenters. The lowest BCUT2D eigenvalue weighted by molar-refractivity contribution is -0.125. The molecule has 1 amide bonds. The molecule has 2 aromatic carbocycles. The van der Waals surface area contributed by atoms with Crippen LogP contribution < -0.4 is 19.7 Å². The summed E-state index contributed by atoms with van der Waals surface area (Å²) >= 11 is 0. The fourth-order valence-corrected chi connectivity index (χ4v) is 4.92. The van der Waals surface area contributed by atoms with Crippen LogP contribution in [0.5, 0.6) is 11.5 Å². The number of piperidine rings is 1. The molecule has 0 unspecified atom stereocenters. The van der Waals surface area contributed by atoms with E-state index in [2.05, 4.69) is 48.3 Å². The summed E-state index contributed by atoms with van der Waals surface area (Å²) in [5, 5.41) is 7.91. The Bertz CT molecular complexity index is 1430. The molecule has 8 nitrogen and oxygen atoms in total. The summed E-state index contributed by atoms with van der Waals surface area (Å²) in [5.41, 5.74) is 6.32. The molecular formula is C29H33N5O3. The van der Waals surface area contributed by atoms with Crippen molar-refractivity contribution in [3.05, 3.63) is 71.5 Å². The van der Waals surface area contributed by atoms with Gasteiger partial charge in [0.05, 0.1) is 25.8 Å². The number of nitrogens with one attached hydrogen (secondary N) is 1. The van der Waals surface area contributed by atoms with Gasteiger partial charge in [0.15, 0.2) is 5.82 Å². The SMILES string of the molecule is COc1ccc(OC)c(CNC(=O)[C@@H]2CCCN(c3nccn4nc(-c5ccc(C)c(C)c5)cc34)C2)c1. The van der Waals surface area contributed by atoms with E-state index in [1.54, 1.807) is 20.4 Å². The van der Waals surface area contributed by atoms with E-state index < -0.39 is 0 Å². The van der Waals surface area contributed by atoms with Gasteiger partial charge in [-0.25, -0.2) is 9.50 Å². The largest absolute Gasteiger partial charge is 0.497 e. The highest BCUT2D eigenvalue weighted by molar-refractivity contribution is 5.81. The van der Waals surface area contributed by atoms with Gasteiger partial charge in [-0.05, 0) is 68.1 Å². The average Bonchev–Trinajstić information content (AvgIpc) is 3.37. The van der Waals surface area contributed by atoms with E-state index in [1.165, 1.54) is 11.1 Å². The molecule has 1 aliphatic heterocycles. The molecule has 1 saturated heterocycles. The predicted molar refractivity (Wildman–Crippen MR) is 144 cm³/mol. The summed E-state index contributed by atoms with van der Waals surface area (Å²) in [6, 6.07) is 14.1. The number of carbonyl (C=O) groups is 1. The smallest absolute Gasteiger partial charge is 0.225 e. The van der Waals surface area contributed by atoms with E-state index in [4.69, 9.17) is 19.6 Å². The van der Waals surface area contributed by atoms with Crippen LogP contribution in [-0.4, -0.2) is 47.8 Å². The van der Waals surface area contributed by atoms with Crippen LogP contribution in [0.3, 0.4) is 0 Å². The number of nitrogens with zero attached hydrogens (tertiary/aromatic N) is 4. The molecule has 3 heterocycles. The van der Waals surface area contributed by atoms with E-state index in [1.807, 2.05) is 28.9 Å². The second-order valence-electron chi connectivity index (χ2n) is 9.59. The highest BCUT2D eigenvalue weighted by Gasteiger charge is 2.28. The molecule has 1 aliphatic rings. The van der Waals surface area contributed by atoms with Crippen LogP contribution in [0.2, 0.25) is 0 Å². The normalized spacial score (nSPS) is 15.6. The van der Waals surface area contributed by atoms with Gasteiger partial charge in [-0.2, -0.15) is 5.10 Å². The standard InChI is InChI=1S/C29H33N5O3/c1-19-7-8-21(14-20(19)2)25-16-26-28(30-11-13-34(26)32-25)33-12-5-6-22(18-33)29(35)31-17-23-15-24(36-3)9-10-27(23)37-4/h7-11,13-16,22H,5-6,12,17-18H2,1-4H3,(H,31,35)/t22-/m1/s1. The summed E-state index contributed by atoms with van der Waals surface area (Å²) in [4.78, 5) is 20.1. The second kappa shape index (κ2) is 10.5. The lowest BCUT2D eigenvalue weighted by Gasteiger charge is -2.33. The van der Waals surface area contributed by atoms with Crippen molar-refractivity contribution < 1.29 is 14.3 Å². The van der Waals surface area contributed by atoms with Gasteiger partial charge in [0.2, 0.25) is 5.91 Å². The molecule has 4 aromatic rings. The third-order valence-corrected chi connectivity index (χ3v) is 7.20. The van der Waals surface area contributed by atoms with Crippen molar-refractivity contribution in [1.29, 1.82) is 0 Å². The number of ether oxygens (including phenoxy) is 2. The summed E-state index contributed by atoms with van der Waals surface area (Å²) < 4.78 is 12.7. The summed E-state index contributed by atoms with van der Waals surface area (Å²) in [7, 11) is 3.25. The first-order chi connectivity index (χ1) is 18.0. The first-order valence-electron chi connectivity index (χ1n) is 12.6. The Balaban J connectivity index is 1.32. The Morgan fingerprint density at radius 1 is 1.08 bits per heavy atom. The van der Waals surface area contributed by atoms with Gasteiger partial charge in [0, 0.05) is 43.2 Å². The number of carbonyl (C=O) groups excluding carboxylic acids is 1. The maximum Gasteiger partial charge on any atom is 0.225 e. The van der Waals surface area contributed by atoms with E-state index in [9.17, 15) is 4.79 Å². The predicted octanol–water partition coefficient (Wildman–Crippen LogP) is 4.56. The van der Waals surface area contributed by atoms with Crippen LogP contribution in [0, 0.1) is 19.8 Å². The number of hydrogen-bond donors (Lipinski definition) is 1. The number of hydrogen-bond acceptors (Lipinski definition) is 6.